The smallest absolute Gasteiger partial charge is 0.327 e. The molecule has 2 aromatic carbocycles. The molecule has 1 N–H and O–H groups in total. The maximum absolute atomic E-state index is 13.6. The summed E-state index contributed by atoms with van der Waals surface area (Å²) in [5.74, 6) is 0.191. The second-order valence-corrected chi connectivity index (χ2v) is 5.59. The highest BCUT2D eigenvalue weighted by Gasteiger charge is 2.24. The van der Waals surface area contributed by atoms with Crippen molar-refractivity contribution in [3.05, 3.63) is 58.4 Å². The molecular formula is C18H19ClFNO4. The van der Waals surface area contributed by atoms with Crippen molar-refractivity contribution in [3.63, 3.8) is 0 Å². The Hall–Kier alpha value is -2.31. The molecule has 0 heterocycles. The van der Waals surface area contributed by atoms with Gasteiger partial charge in [0.2, 0.25) is 0 Å². The van der Waals surface area contributed by atoms with Gasteiger partial charge in [-0.25, -0.2) is 9.18 Å². The van der Waals surface area contributed by atoms with Crippen molar-refractivity contribution in [1.29, 1.82) is 0 Å². The number of esters is 1. The summed E-state index contributed by atoms with van der Waals surface area (Å²) in [5, 5.41) is 3.31. The third-order valence-electron chi connectivity index (χ3n) is 3.70. The van der Waals surface area contributed by atoms with E-state index in [0.717, 1.165) is 5.56 Å². The van der Waals surface area contributed by atoms with Crippen LogP contribution in [-0.2, 0) is 16.1 Å². The number of methoxy groups -OCH3 is 3. The van der Waals surface area contributed by atoms with E-state index in [9.17, 15) is 9.18 Å². The zero-order valence-corrected chi connectivity index (χ0v) is 14.9. The molecule has 0 saturated heterocycles. The Labute approximate surface area is 150 Å². The number of carbonyl (C=O) groups excluding carboxylic acids is 1. The molecule has 134 valence electrons. The fourth-order valence-electron chi connectivity index (χ4n) is 2.38. The number of rotatable bonds is 7. The fraction of sp³-hybridized carbons (Fsp3) is 0.278. The lowest BCUT2D eigenvalue weighted by molar-refractivity contribution is -0.143. The van der Waals surface area contributed by atoms with E-state index in [0.29, 0.717) is 17.1 Å². The fourth-order valence-corrected chi connectivity index (χ4v) is 2.61. The van der Waals surface area contributed by atoms with Crippen molar-refractivity contribution < 1.29 is 23.4 Å². The van der Waals surface area contributed by atoms with E-state index in [1.807, 2.05) is 6.07 Å². The highest BCUT2D eigenvalue weighted by atomic mass is 35.5. The number of hydrogen-bond donors (Lipinski definition) is 1. The van der Waals surface area contributed by atoms with Gasteiger partial charge in [0.05, 0.1) is 21.3 Å². The molecule has 0 aliphatic rings. The number of nitrogens with one attached hydrogen (secondary N) is 1. The van der Waals surface area contributed by atoms with Gasteiger partial charge in [-0.3, -0.25) is 5.32 Å². The van der Waals surface area contributed by atoms with Crippen LogP contribution in [-0.4, -0.2) is 27.3 Å². The summed E-state index contributed by atoms with van der Waals surface area (Å²) < 4.78 is 28.9. The zero-order chi connectivity index (χ0) is 18.4. The largest absolute Gasteiger partial charge is 0.497 e. The van der Waals surface area contributed by atoms with Gasteiger partial charge in [0, 0.05) is 28.8 Å². The van der Waals surface area contributed by atoms with Crippen molar-refractivity contribution in [1.82, 2.24) is 5.32 Å². The van der Waals surface area contributed by atoms with Crippen molar-refractivity contribution in [2.24, 2.45) is 0 Å². The van der Waals surface area contributed by atoms with E-state index in [4.69, 9.17) is 25.8 Å². The molecule has 0 amide bonds. The lowest BCUT2D eigenvalue weighted by atomic mass is 10.1. The predicted molar refractivity (Wildman–Crippen MR) is 92.6 cm³/mol. The van der Waals surface area contributed by atoms with Crippen LogP contribution in [0.1, 0.15) is 17.2 Å². The van der Waals surface area contributed by atoms with E-state index in [1.165, 1.54) is 25.3 Å². The quantitative estimate of drug-likeness (QED) is 0.759. The molecule has 2 aromatic rings. The lowest BCUT2D eigenvalue weighted by Gasteiger charge is -2.19. The summed E-state index contributed by atoms with van der Waals surface area (Å²) in [4.78, 5) is 12.1. The molecule has 0 aliphatic carbocycles. The number of carbonyl (C=O) groups is 1. The number of benzene rings is 2. The molecule has 0 spiro atoms. The molecule has 5 nitrogen and oxygen atoms in total. The van der Waals surface area contributed by atoms with E-state index in [-0.39, 0.29) is 11.6 Å². The van der Waals surface area contributed by atoms with Crippen LogP contribution in [0.3, 0.4) is 0 Å². The number of halogens is 2. The van der Waals surface area contributed by atoms with Crippen LogP contribution in [0.25, 0.3) is 0 Å². The Morgan fingerprint density at radius 2 is 1.92 bits per heavy atom. The van der Waals surface area contributed by atoms with E-state index in [1.54, 1.807) is 26.4 Å². The first kappa shape index (κ1) is 19.0. The summed E-state index contributed by atoms with van der Waals surface area (Å²) in [6.45, 7) is 0.278. The Morgan fingerprint density at radius 1 is 1.16 bits per heavy atom. The number of ether oxygens (including phenoxy) is 3. The van der Waals surface area contributed by atoms with Crippen molar-refractivity contribution >= 4 is 17.6 Å². The monoisotopic (exact) mass is 367 g/mol. The summed E-state index contributed by atoms with van der Waals surface area (Å²) in [6, 6.07) is 8.25. The molecule has 0 bridgehead atoms. The van der Waals surface area contributed by atoms with Crippen LogP contribution in [0.2, 0.25) is 5.02 Å². The van der Waals surface area contributed by atoms with Crippen LogP contribution >= 0.6 is 11.6 Å². The maximum Gasteiger partial charge on any atom is 0.327 e. The molecule has 0 aromatic heterocycles. The van der Waals surface area contributed by atoms with Crippen LogP contribution < -0.4 is 14.8 Å². The molecule has 1 atom stereocenters. The minimum atomic E-state index is -0.917. The van der Waals surface area contributed by atoms with Gasteiger partial charge >= 0.3 is 5.97 Å². The zero-order valence-electron chi connectivity index (χ0n) is 14.1. The predicted octanol–water partition coefficient (Wildman–Crippen LogP) is 3.50. The standard InChI is InChI=1S/C18H19ClFNO4/c1-23-13-6-4-11(16(9-13)24-2)10-21-17(18(22)25-3)14-8-12(20)5-7-15(14)19/h4-9,17,21H,10H2,1-3H3. The molecule has 1 unspecified atom stereocenters. The van der Waals surface area contributed by atoms with Gasteiger partial charge in [-0.15, -0.1) is 0 Å². The lowest BCUT2D eigenvalue weighted by Crippen LogP contribution is -2.29. The van der Waals surface area contributed by atoms with Gasteiger partial charge in [0.25, 0.3) is 0 Å². The third-order valence-corrected chi connectivity index (χ3v) is 4.04. The van der Waals surface area contributed by atoms with Gasteiger partial charge in [-0.1, -0.05) is 17.7 Å². The minimum absolute atomic E-state index is 0.269. The SMILES string of the molecule is COC(=O)C(NCc1ccc(OC)cc1OC)c1cc(F)ccc1Cl. The van der Waals surface area contributed by atoms with E-state index in [2.05, 4.69) is 5.32 Å². The first-order valence-electron chi connectivity index (χ1n) is 7.47. The highest BCUT2D eigenvalue weighted by Crippen LogP contribution is 2.28. The van der Waals surface area contributed by atoms with Gasteiger partial charge in [0.1, 0.15) is 23.4 Å². The first-order valence-corrected chi connectivity index (χ1v) is 7.85. The normalized spacial score (nSPS) is 11.7. The Morgan fingerprint density at radius 3 is 2.56 bits per heavy atom. The van der Waals surface area contributed by atoms with Gasteiger partial charge in [0.15, 0.2) is 0 Å². The van der Waals surface area contributed by atoms with Gasteiger partial charge < -0.3 is 14.2 Å². The van der Waals surface area contributed by atoms with Crippen LogP contribution in [0.15, 0.2) is 36.4 Å². The molecule has 2 rings (SSSR count). The Balaban J connectivity index is 2.27. The second-order valence-electron chi connectivity index (χ2n) is 5.18. The Kier molecular flexibility index (Phi) is 6.61. The topological polar surface area (TPSA) is 56.8 Å². The van der Waals surface area contributed by atoms with Crippen LogP contribution in [0.4, 0.5) is 4.39 Å². The molecule has 0 saturated carbocycles. The average Bonchev–Trinajstić information content (AvgIpc) is 2.64. The van der Waals surface area contributed by atoms with Crippen LogP contribution in [0, 0.1) is 5.82 Å². The van der Waals surface area contributed by atoms with Crippen molar-refractivity contribution in [2.45, 2.75) is 12.6 Å². The average molecular weight is 368 g/mol. The van der Waals surface area contributed by atoms with E-state index < -0.39 is 17.8 Å². The summed E-state index contributed by atoms with van der Waals surface area (Å²) in [5.41, 5.74) is 1.10. The highest BCUT2D eigenvalue weighted by molar-refractivity contribution is 6.31. The number of hydrogen-bond acceptors (Lipinski definition) is 5. The second kappa shape index (κ2) is 8.69. The van der Waals surface area contributed by atoms with Crippen molar-refractivity contribution in [2.75, 3.05) is 21.3 Å². The Bertz CT molecular complexity index is 754. The van der Waals surface area contributed by atoms with Crippen LogP contribution in [0.5, 0.6) is 11.5 Å². The van der Waals surface area contributed by atoms with Crippen molar-refractivity contribution in [3.8, 4) is 11.5 Å². The molecule has 0 radical (unpaired) electrons. The summed E-state index contributed by atoms with van der Waals surface area (Å²) in [6.07, 6.45) is 0. The summed E-state index contributed by atoms with van der Waals surface area (Å²) in [7, 11) is 4.36. The van der Waals surface area contributed by atoms with Gasteiger partial charge in [-0.05, 0) is 24.3 Å². The summed E-state index contributed by atoms with van der Waals surface area (Å²) >= 11 is 6.12. The molecule has 7 heteroatoms. The molecule has 0 aliphatic heterocycles. The molecular weight excluding hydrogens is 349 g/mol. The third kappa shape index (κ3) is 4.61. The molecule has 25 heavy (non-hydrogen) atoms. The van der Waals surface area contributed by atoms with Gasteiger partial charge in [-0.2, -0.15) is 0 Å². The first-order chi connectivity index (χ1) is 12.0. The minimum Gasteiger partial charge on any atom is -0.497 e. The molecule has 0 fully saturated rings. The maximum atomic E-state index is 13.6. The van der Waals surface area contributed by atoms with E-state index >= 15 is 0 Å².